The highest BCUT2D eigenvalue weighted by Crippen LogP contribution is 2.20. The number of benzene rings is 1. The molecular formula is C13H14N2O3. The largest absolute Gasteiger partial charge is 0.470 e. The van der Waals surface area contributed by atoms with Gasteiger partial charge in [-0.1, -0.05) is 12.1 Å². The smallest absolute Gasteiger partial charge is 0.248 e. The third-order valence-corrected chi connectivity index (χ3v) is 2.39. The maximum Gasteiger partial charge on any atom is 0.248 e. The van der Waals surface area contributed by atoms with Crippen LogP contribution in [-0.2, 0) is 9.59 Å². The number of carbonyl (C=O) groups excluding carboxylic acids is 2. The van der Waals surface area contributed by atoms with Gasteiger partial charge in [-0.3, -0.25) is 9.59 Å². The third kappa shape index (κ3) is 3.10. The topological polar surface area (TPSA) is 67.4 Å². The quantitative estimate of drug-likeness (QED) is 0.623. The number of hydrogen-bond acceptors (Lipinski definition) is 3. The van der Waals surface area contributed by atoms with Crippen LogP contribution < -0.4 is 15.4 Å². The van der Waals surface area contributed by atoms with E-state index < -0.39 is 0 Å². The SMILES string of the molecule is C/C=C/C(=O)Nc1cccc(OC2CC(=O)N2)c1. The molecule has 1 atom stereocenters. The highest BCUT2D eigenvalue weighted by Gasteiger charge is 2.26. The molecule has 1 heterocycles. The molecule has 1 fully saturated rings. The zero-order chi connectivity index (χ0) is 13.0. The molecule has 0 spiro atoms. The van der Waals surface area contributed by atoms with Crippen LogP contribution in [0, 0.1) is 0 Å². The molecule has 1 aliphatic rings. The van der Waals surface area contributed by atoms with Crippen LogP contribution in [0.2, 0.25) is 0 Å². The van der Waals surface area contributed by atoms with E-state index in [1.165, 1.54) is 6.08 Å². The van der Waals surface area contributed by atoms with Gasteiger partial charge in [-0.2, -0.15) is 0 Å². The van der Waals surface area contributed by atoms with E-state index in [4.69, 9.17) is 4.74 Å². The molecule has 0 bridgehead atoms. The van der Waals surface area contributed by atoms with Gasteiger partial charge in [-0.25, -0.2) is 0 Å². The summed E-state index contributed by atoms with van der Waals surface area (Å²) in [7, 11) is 0. The Morgan fingerprint density at radius 1 is 1.56 bits per heavy atom. The summed E-state index contributed by atoms with van der Waals surface area (Å²) in [5.74, 6) is 0.405. The van der Waals surface area contributed by atoms with Gasteiger partial charge in [0.25, 0.3) is 0 Å². The molecule has 0 aliphatic carbocycles. The number of allylic oxidation sites excluding steroid dienone is 1. The van der Waals surface area contributed by atoms with Crippen molar-refractivity contribution in [1.29, 1.82) is 0 Å². The lowest BCUT2D eigenvalue weighted by Crippen LogP contribution is -2.51. The van der Waals surface area contributed by atoms with Gasteiger partial charge in [0.05, 0.1) is 6.42 Å². The van der Waals surface area contributed by atoms with Crippen LogP contribution in [0.3, 0.4) is 0 Å². The predicted octanol–water partition coefficient (Wildman–Crippen LogP) is 1.43. The lowest BCUT2D eigenvalue weighted by molar-refractivity contribution is -0.134. The van der Waals surface area contributed by atoms with E-state index in [9.17, 15) is 9.59 Å². The Kier molecular flexibility index (Phi) is 3.62. The summed E-state index contributed by atoms with van der Waals surface area (Å²) in [6.07, 6.45) is 3.22. The maximum atomic E-state index is 11.4. The second-order valence-corrected chi connectivity index (χ2v) is 3.90. The molecular weight excluding hydrogens is 232 g/mol. The first-order chi connectivity index (χ1) is 8.67. The van der Waals surface area contributed by atoms with Gasteiger partial charge in [-0.05, 0) is 25.1 Å². The van der Waals surface area contributed by atoms with Crippen LogP contribution in [0.5, 0.6) is 5.75 Å². The Morgan fingerprint density at radius 2 is 2.33 bits per heavy atom. The Bertz CT molecular complexity index is 489. The Balaban J connectivity index is 1.96. The Hall–Kier alpha value is -2.30. The Labute approximate surface area is 105 Å². The fraction of sp³-hybridized carbons (Fsp3) is 0.231. The van der Waals surface area contributed by atoms with Gasteiger partial charge in [0.1, 0.15) is 5.75 Å². The average Bonchev–Trinajstić information content (AvgIpc) is 2.27. The van der Waals surface area contributed by atoms with Gasteiger partial charge >= 0.3 is 0 Å². The molecule has 1 aromatic carbocycles. The van der Waals surface area contributed by atoms with E-state index in [2.05, 4.69) is 10.6 Å². The molecule has 5 heteroatoms. The average molecular weight is 246 g/mol. The van der Waals surface area contributed by atoms with Crippen LogP contribution in [0.4, 0.5) is 5.69 Å². The van der Waals surface area contributed by atoms with Crippen LogP contribution in [0.1, 0.15) is 13.3 Å². The molecule has 2 rings (SSSR count). The van der Waals surface area contributed by atoms with E-state index in [-0.39, 0.29) is 18.0 Å². The van der Waals surface area contributed by atoms with E-state index in [0.29, 0.717) is 17.9 Å². The molecule has 0 saturated carbocycles. The number of carbonyl (C=O) groups is 2. The summed E-state index contributed by atoms with van der Waals surface area (Å²) in [6, 6.07) is 7.04. The minimum absolute atomic E-state index is 0.0162. The van der Waals surface area contributed by atoms with E-state index in [1.807, 2.05) is 0 Å². The molecule has 1 aliphatic heterocycles. The number of anilines is 1. The summed E-state index contributed by atoms with van der Waals surface area (Å²) in [5.41, 5.74) is 0.654. The Morgan fingerprint density at radius 3 is 3.00 bits per heavy atom. The van der Waals surface area contributed by atoms with Crippen molar-refractivity contribution in [2.45, 2.75) is 19.6 Å². The normalized spacial score (nSPS) is 18.1. The van der Waals surface area contributed by atoms with Gasteiger partial charge < -0.3 is 15.4 Å². The standard InChI is InChI=1S/C13H14N2O3/c1-2-4-11(16)14-9-5-3-6-10(7-9)18-13-8-12(17)15-13/h2-7,13H,8H2,1H3,(H,14,16)(H,15,17)/b4-2+. The van der Waals surface area contributed by atoms with Gasteiger partial charge in [0.15, 0.2) is 6.23 Å². The van der Waals surface area contributed by atoms with Crippen molar-refractivity contribution in [2.24, 2.45) is 0 Å². The highest BCUT2D eigenvalue weighted by molar-refractivity contribution is 5.99. The molecule has 2 amide bonds. The molecule has 0 radical (unpaired) electrons. The zero-order valence-corrected chi connectivity index (χ0v) is 9.97. The lowest BCUT2D eigenvalue weighted by atomic mass is 10.2. The first kappa shape index (κ1) is 12.2. The highest BCUT2D eigenvalue weighted by atomic mass is 16.5. The van der Waals surface area contributed by atoms with Gasteiger partial charge in [0, 0.05) is 11.8 Å². The number of ether oxygens (including phenoxy) is 1. The molecule has 5 nitrogen and oxygen atoms in total. The minimum Gasteiger partial charge on any atom is -0.470 e. The van der Waals surface area contributed by atoms with Crippen LogP contribution in [-0.4, -0.2) is 18.0 Å². The van der Waals surface area contributed by atoms with Crippen LogP contribution in [0.25, 0.3) is 0 Å². The molecule has 1 saturated heterocycles. The number of amides is 2. The fourth-order valence-electron chi connectivity index (χ4n) is 1.54. The van der Waals surface area contributed by atoms with Crippen molar-refractivity contribution in [3.8, 4) is 5.75 Å². The minimum atomic E-state index is -0.265. The predicted molar refractivity (Wildman–Crippen MR) is 67.1 cm³/mol. The summed E-state index contributed by atoms with van der Waals surface area (Å²) >= 11 is 0. The number of rotatable bonds is 4. The van der Waals surface area contributed by atoms with Crippen molar-refractivity contribution in [3.63, 3.8) is 0 Å². The van der Waals surface area contributed by atoms with E-state index in [1.54, 1.807) is 37.3 Å². The summed E-state index contributed by atoms with van der Waals surface area (Å²) in [5, 5.41) is 5.32. The van der Waals surface area contributed by atoms with E-state index in [0.717, 1.165) is 0 Å². The van der Waals surface area contributed by atoms with Gasteiger partial charge in [0.2, 0.25) is 11.8 Å². The summed E-state index contributed by atoms with van der Waals surface area (Å²) in [4.78, 5) is 22.1. The first-order valence-electron chi connectivity index (χ1n) is 5.67. The zero-order valence-electron chi connectivity index (χ0n) is 9.97. The van der Waals surface area contributed by atoms with Crippen molar-refractivity contribution in [2.75, 3.05) is 5.32 Å². The molecule has 94 valence electrons. The number of β-lactam (4-membered cyclic amide) rings is 1. The molecule has 2 N–H and O–H groups in total. The van der Waals surface area contributed by atoms with E-state index >= 15 is 0 Å². The monoisotopic (exact) mass is 246 g/mol. The number of hydrogen-bond donors (Lipinski definition) is 2. The summed E-state index contributed by atoms with van der Waals surface area (Å²) in [6.45, 7) is 1.78. The third-order valence-electron chi connectivity index (χ3n) is 2.39. The van der Waals surface area contributed by atoms with Crippen LogP contribution in [0.15, 0.2) is 36.4 Å². The number of nitrogens with one attached hydrogen (secondary N) is 2. The second kappa shape index (κ2) is 5.35. The van der Waals surface area contributed by atoms with Crippen LogP contribution >= 0.6 is 0 Å². The van der Waals surface area contributed by atoms with Crippen molar-refractivity contribution in [1.82, 2.24) is 5.32 Å². The van der Waals surface area contributed by atoms with Crippen molar-refractivity contribution >= 4 is 17.5 Å². The van der Waals surface area contributed by atoms with Crippen molar-refractivity contribution < 1.29 is 14.3 Å². The maximum absolute atomic E-state index is 11.4. The molecule has 1 aromatic rings. The molecule has 18 heavy (non-hydrogen) atoms. The summed E-state index contributed by atoms with van der Waals surface area (Å²) < 4.78 is 5.50. The molecule has 0 aromatic heterocycles. The fourth-order valence-corrected chi connectivity index (χ4v) is 1.54. The second-order valence-electron chi connectivity index (χ2n) is 3.90. The van der Waals surface area contributed by atoms with Crippen molar-refractivity contribution in [3.05, 3.63) is 36.4 Å². The van der Waals surface area contributed by atoms with Gasteiger partial charge in [-0.15, -0.1) is 0 Å². The molecule has 1 unspecified atom stereocenters. The lowest BCUT2D eigenvalue weighted by Gasteiger charge is -2.27. The first-order valence-corrected chi connectivity index (χ1v) is 5.67.